The largest absolute Gasteiger partial charge is 0.480 e. The van der Waals surface area contributed by atoms with Crippen LogP contribution in [-0.4, -0.2) is 58.1 Å². The molecule has 0 bridgehead atoms. The number of carbonyl (C=O) groups excluding carboxylic acids is 3. The third kappa shape index (κ3) is 6.68. The summed E-state index contributed by atoms with van der Waals surface area (Å²) in [5, 5.41) is 22.1. The van der Waals surface area contributed by atoms with Gasteiger partial charge in [0.05, 0.1) is 12.5 Å². The second kappa shape index (κ2) is 8.17. The zero-order chi connectivity index (χ0) is 16.7. The summed E-state index contributed by atoms with van der Waals surface area (Å²) in [5.74, 6) is -3.92. The van der Waals surface area contributed by atoms with Crippen molar-refractivity contribution in [2.75, 3.05) is 0 Å². The lowest BCUT2D eigenvalue weighted by Crippen LogP contribution is -2.56. The topological polar surface area (TPSA) is 185 Å². The summed E-state index contributed by atoms with van der Waals surface area (Å²) in [4.78, 5) is 45.0. The number of nitrogens with two attached hydrogens (primary N) is 2. The van der Waals surface area contributed by atoms with Crippen molar-refractivity contribution in [3.8, 4) is 0 Å². The first-order chi connectivity index (χ1) is 9.56. The number of primary amides is 1. The van der Waals surface area contributed by atoms with Crippen LogP contribution < -0.4 is 22.1 Å². The van der Waals surface area contributed by atoms with E-state index >= 15 is 0 Å². The van der Waals surface area contributed by atoms with Gasteiger partial charge in [-0.15, -0.1) is 0 Å². The molecule has 0 aliphatic rings. The lowest BCUT2D eigenvalue weighted by atomic mass is 10.1. The Kier molecular flexibility index (Phi) is 7.31. The van der Waals surface area contributed by atoms with E-state index in [0.717, 1.165) is 0 Å². The van der Waals surface area contributed by atoms with Gasteiger partial charge in [0, 0.05) is 0 Å². The van der Waals surface area contributed by atoms with E-state index in [9.17, 15) is 24.3 Å². The van der Waals surface area contributed by atoms with Gasteiger partial charge in [0.15, 0.2) is 0 Å². The van der Waals surface area contributed by atoms with Crippen molar-refractivity contribution >= 4 is 23.7 Å². The number of nitrogens with one attached hydrogen (secondary N) is 2. The van der Waals surface area contributed by atoms with Crippen molar-refractivity contribution in [2.45, 2.75) is 44.5 Å². The molecule has 21 heavy (non-hydrogen) atoms. The quantitative estimate of drug-likeness (QED) is 0.270. The van der Waals surface area contributed by atoms with Gasteiger partial charge in [-0.1, -0.05) is 0 Å². The number of hydrogen-bond donors (Lipinski definition) is 6. The standard InChI is InChI=1S/C11H20N4O6/c1-4(11(20)21)14-9(18)6(3-7(12)17)15-10(19)8(13)5(2)16/h4-6,8,16H,3,13H2,1-2H3,(H2,12,17)(H,14,18)(H,15,19)(H,20,21)/t4-,5+,6-,8-/m0/s1. The lowest BCUT2D eigenvalue weighted by Gasteiger charge is -2.21. The Morgan fingerprint density at radius 2 is 1.62 bits per heavy atom. The van der Waals surface area contributed by atoms with Gasteiger partial charge in [-0.2, -0.15) is 0 Å². The molecule has 0 saturated heterocycles. The monoisotopic (exact) mass is 304 g/mol. The molecule has 0 unspecified atom stereocenters. The molecule has 0 radical (unpaired) electrons. The summed E-state index contributed by atoms with van der Waals surface area (Å²) < 4.78 is 0. The minimum atomic E-state index is -1.37. The van der Waals surface area contributed by atoms with E-state index in [1.165, 1.54) is 13.8 Å². The smallest absolute Gasteiger partial charge is 0.325 e. The minimum Gasteiger partial charge on any atom is -0.480 e. The van der Waals surface area contributed by atoms with Gasteiger partial charge in [0.2, 0.25) is 17.7 Å². The average Bonchev–Trinajstić information content (AvgIpc) is 2.35. The average molecular weight is 304 g/mol. The van der Waals surface area contributed by atoms with Crippen molar-refractivity contribution in [1.82, 2.24) is 10.6 Å². The molecule has 120 valence electrons. The van der Waals surface area contributed by atoms with Crippen molar-refractivity contribution in [1.29, 1.82) is 0 Å². The number of aliphatic hydroxyl groups excluding tert-OH is 1. The SMILES string of the molecule is C[C@H](NC(=O)[C@H](CC(N)=O)NC(=O)[C@@H](N)[C@@H](C)O)C(=O)O. The van der Waals surface area contributed by atoms with Crippen LogP contribution in [0.3, 0.4) is 0 Å². The highest BCUT2D eigenvalue weighted by Gasteiger charge is 2.28. The predicted octanol–water partition coefficient (Wildman–Crippen LogP) is -3.36. The van der Waals surface area contributed by atoms with E-state index in [1.54, 1.807) is 0 Å². The van der Waals surface area contributed by atoms with Crippen LogP contribution in [0, 0.1) is 0 Å². The summed E-state index contributed by atoms with van der Waals surface area (Å²) in [6.07, 6.45) is -1.70. The van der Waals surface area contributed by atoms with Crippen molar-refractivity contribution < 1.29 is 29.4 Å². The van der Waals surface area contributed by atoms with Gasteiger partial charge < -0.3 is 32.3 Å². The first-order valence-corrected chi connectivity index (χ1v) is 6.11. The number of amides is 3. The molecule has 0 aliphatic carbocycles. The van der Waals surface area contributed by atoms with E-state index in [2.05, 4.69) is 10.6 Å². The fraction of sp³-hybridized carbons (Fsp3) is 0.636. The molecule has 10 heteroatoms. The van der Waals surface area contributed by atoms with E-state index in [0.29, 0.717) is 0 Å². The summed E-state index contributed by atoms with van der Waals surface area (Å²) in [6, 6.07) is -3.89. The fourth-order valence-corrected chi connectivity index (χ4v) is 1.27. The van der Waals surface area contributed by atoms with E-state index in [-0.39, 0.29) is 0 Å². The van der Waals surface area contributed by atoms with Gasteiger partial charge in [-0.05, 0) is 13.8 Å². The predicted molar refractivity (Wildman–Crippen MR) is 70.6 cm³/mol. The molecule has 0 aromatic rings. The van der Waals surface area contributed by atoms with Crippen molar-refractivity contribution in [3.05, 3.63) is 0 Å². The summed E-state index contributed by atoms with van der Waals surface area (Å²) in [5.41, 5.74) is 10.4. The first-order valence-electron chi connectivity index (χ1n) is 6.11. The van der Waals surface area contributed by atoms with Crippen molar-refractivity contribution in [2.24, 2.45) is 11.5 Å². The normalized spacial score (nSPS) is 16.2. The molecule has 0 aromatic heterocycles. The Hall–Kier alpha value is -2.20. The second-order valence-electron chi connectivity index (χ2n) is 4.57. The van der Waals surface area contributed by atoms with Crippen LogP contribution in [-0.2, 0) is 19.2 Å². The Morgan fingerprint density at radius 1 is 1.10 bits per heavy atom. The highest BCUT2D eigenvalue weighted by molar-refractivity contribution is 5.94. The zero-order valence-electron chi connectivity index (χ0n) is 11.7. The van der Waals surface area contributed by atoms with Crippen LogP contribution in [0.25, 0.3) is 0 Å². The fourth-order valence-electron chi connectivity index (χ4n) is 1.27. The number of aliphatic carboxylic acids is 1. The zero-order valence-corrected chi connectivity index (χ0v) is 11.7. The van der Waals surface area contributed by atoms with E-state index in [4.69, 9.17) is 16.6 Å². The molecule has 10 nitrogen and oxygen atoms in total. The highest BCUT2D eigenvalue weighted by atomic mass is 16.4. The molecular weight excluding hydrogens is 284 g/mol. The third-order valence-electron chi connectivity index (χ3n) is 2.59. The molecule has 0 fully saturated rings. The summed E-state index contributed by atoms with van der Waals surface area (Å²) in [6.45, 7) is 2.49. The maximum atomic E-state index is 11.8. The van der Waals surface area contributed by atoms with Gasteiger partial charge in [-0.25, -0.2) is 0 Å². The molecule has 0 saturated carbocycles. The van der Waals surface area contributed by atoms with E-state index < -0.39 is 54.3 Å². The lowest BCUT2D eigenvalue weighted by molar-refractivity contribution is -0.141. The maximum absolute atomic E-state index is 11.8. The molecule has 4 atom stereocenters. The Bertz CT molecular complexity index is 425. The Balaban J connectivity index is 4.87. The van der Waals surface area contributed by atoms with Crippen LogP contribution in [0.4, 0.5) is 0 Å². The van der Waals surface area contributed by atoms with Crippen LogP contribution in [0.5, 0.6) is 0 Å². The summed E-state index contributed by atoms with van der Waals surface area (Å²) >= 11 is 0. The molecule has 8 N–H and O–H groups in total. The molecule has 0 heterocycles. The number of carbonyl (C=O) groups is 4. The van der Waals surface area contributed by atoms with Gasteiger partial charge in [0.25, 0.3) is 0 Å². The molecule has 3 amide bonds. The van der Waals surface area contributed by atoms with Gasteiger partial charge >= 0.3 is 5.97 Å². The number of carboxylic acid groups (broad SMARTS) is 1. The summed E-state index contributed by atoms with van der Waals surface area (Å²) in [7, 11) is 0. The molecule has 0 aliphatic heterocycles. The number of rotatable bonds is 8. The second-order valence-corrected chi connectivity index (χ2v) is 4.57. The first kappa shape index (κ1) is 18.8. The Morgan fingerprint density at radius 3 is 2.00 bits per heavy atom. The highest BCUT2D eigenvalue weighted by Crippen LogP contribution is 1.97. The van der Waals surface area contributed by atoms with Crippen LogP contribution in [0.1, 0.15) is 20.3 Å². The number of aliphatic hydroxyl groups is 1. The van der Waals surface area contributed by atoms with Crippen LogP contribution >= 0.6 is 0 Å². The van der Waals surface area contributed by atoms with Crippen LogP contribution in [0.2, 0.25) is 0 Å². The van der Waals surface area contributed by atoms with Gasteiger partial charge in [0.1, 0.15) is 18.1 Å². The van der Waals surface area contributed by atoms with Gasteiger partial charge in [-0.3, -0.25) is 19.2 Å². The molecule has 0 spiro atoms. The molecule has 0 aromatic carbocycles. The minimum absolute atomic E-state index is 0.531. The Labute approximate surface area is 120 Å². The number of hydrogen-bond acceptors (Lipinski definition) is 6. The molecular formula is C11H20N4O6. The number of carboxylic acids is 1. The molecule has 0 rings (SSSR count). The maximum Gasteiger partial charge on any atom is 0.325 e. The third-order valence-corrected chi connectivity index (χ3v) is 2.59. The van der Waals surface area contributed by atoms with Crippen LogP contribution in [0.15, 0.2) is 0 Å². The van der Waals surface area contributed by atoms with Crippen molar-refractivity contribution in [3.63, 3.8) is 0 Å². The van der Waals surface area contributed by atoms with E-state index in [1.807, 2.05) is 0 Å².